The fourth-order valence-corrected chi connectivity index (χ4v) is 4.42. The van der Waals surface area contributed by atoms with E-state index in [4.69, 9.17) is 0 Å². The lowest BCUT2D eigenvalue weighted by molar-refractivity contribution is -0.138. The molecule has 3 heterocycles. The topological polar surface area (TPSA) is 108 Å². The number of aromatic nitrogens is 2. The molecule has 3 amide bonds. The van der Waals surface area contributed by atoms with Crippen LogP contribution in [0.25, 0.3) is 0 Å². The number of piperazine rings is 1. The molecule has 37 heavy (non-hydrogen) atoms. The van der Waals surface area contributed by atoms with E-state index in [1.54, 1.807) is 4.90 Å². The van der Waals surface area contributed by atoms with Gasteiger partial charge in [-0.2, -0.15) is 13.2 Å². The highest BCUT2D eigenvalue weighted by atomic mass is 19.4. The van der Waals surface area contributed by atoms with Gasteiger partial charge in [0.2, 0.25) is 5.91 Å². The maximum absolute atomic E-state index is 13.7. The van der Waals surface area contributed by atoms with Crippen molar-refractivity contribution in [3.05, 3.63) is 46.9 Å². The van der Waals surface area contributed by atoms with E-state index >= 15 is 0 Å². The minimum atomic E-state index is -4.85. The third-order valence-corrected chi connectivity index (χ3v) is 6.34. The van der Waals surface area contributed by atoms with Crippen molar-refractivity contribution in [2.24, 2.45) is 0 Å². The van der Waals surface area contributed by atoms with E-state index in [0.29, 0.717) is 24.7 Å². The molecule has 2 aliphatic rings. The van der Waals surface area contributed by atoms with E-state index < -0.39 is 46.9 Å². The maximum Gasteiger partial charge on any atom is 0.417 e. The second kappa shape index (κ2) is 10.7. The Balaban J connectivity index is 1.48. The highest BCUT2D eigenvalue weighted by Crippen LogP contribution is 2.35. The fraction of sp³-hybridized carbons (Fsp3) is 0.458. The number of hydrogen-bond donors (Lipinski definition) is 2. The quantitative estimate of drug-likeness (QED) is 0.427. The highest BCUT2D eigenvalue weighted by Gasteiger charge is 2.42. The molecule has 9 nitrogen and oxygen atoms in total. The van der Waals surface area contributed by atoms with Crippen molar-refractivity contribution in [2.45, 2.75) is 44.8 Å². The Kier molecular flexibility index (Phi) is 7.60. The number of amides is 3. The Morgan fingerprint density at radius 1 is 1.14 bits per heavy atom. The maximum atomic E-state index is 13.7. The SMILES string of the molecule is CCCCCCNC(=O)c1cc2c(nn1)N1CCN(C(=O)c3cc(F)ccc3C(F)(F)F)CC1C(=O)N2. The van der Waals surface area contributed by atoms with Gasteiger partial charge in [-0.1, -0.05) is 26.2 Å². The largest absolute Gasteiger partial charge is 0.417 e. The van der Waals surface area contributed by atoms with E-state index in [1.165, 1.54) is 6.07 Å². The van der Waals surface area contributed by atoms with E-state index in [9.17, 15) is 31.9 Å². The van der Waals surface area contributed by atoms with Crippen molar-refractivity contribution in [3.63, 3.8) is 0 Å². The van der Waals surface area contributed by atoms with E-state index in [1.807, 2.05) is 0 Å². The molecule has 1 aromatic heterocycles. The number of benzene rings is 1. The Hall–Kier alpha value is -3.77. The zero-order chi connectivity index (χ0) is 26.7. The number of fused-ring (bicyclic) bond motifs is 3. The molecule has 0 radical (unpaired) electrons. The molecule has 2 N–H and O–H groups in total. The third kappa shape index (κ3) is 5.65. The highest BCUT2D eigenvalue weighted by molar-refractivity contribution is 6.05. The molecule has 1 fully saturated rings. The van der Waals surface area contributed by atoms with Gasteiger partial charge in [0.15, 0.2) is 11.5 Å². The zero-order valence-corrected chi connectivity index (χ0v) is 20.1. The predicted octanol–water partition coefficient (Wildman–Crippen LogP) is 3.23. The first kappa shape index (κ1) is 26.3. The van der Waals surface area contributed by atoms with Crippen LogP contribution >= 0.6 is 0 Å². The molecule has 0 saturated carbocycles. The van der Waals surface area contributed by atoms with Crippen molar-refractivity contribution in [1.82, 2.24) is 20.4 Å². The van der Waals surface area contributed by atoms with Gasteiger partial charge in [-0.15, -0.1) is 10.2 Å². The van der Waals surface area contributed by atoms with Crippen LogP contribution in [0.15, 0.2) is 24.3 Å². The predicted molar refractivity (Wildman–Crippen MR) is 126 cm³/mol. The monoisotopic (exact) mass is 522 g/mol. The van der Waals surface area contributed by atoms with Gasteiger partial charge in [0.1, 0.15) is 11.9 Å². The van der Waals surface area contributed by atoms with Gasteiger partial charge >= 0.3 is 6.18 Å². The lowest BCUT2D eigenvalue weighted by atomic mass is 10.0. The normalized spacial score (nSPS) is 17.1. The van der Waals surface area contributed by atoms with Crippen LogP contribution in [0, 0.1) is 5.82 Å². The first-order chi connectivity index (χ1) is 17.6. The molecule has 0 aliphatic carbocycles. The van der Waals surface area contributed by atoms with Gasteiger partial charge in [-0.3, -0.25) is 14.4 Å². The van der Waals surface area contributed by atoms with Crippen LogP contribution in [0.2, 0.25) is 0 Å². The first-order valence-electron chi connectivity index (χ1n) is 12.0. The minimum Gasteiger partial charge on any atom is -0.351 e. The van der Waals surface area contributed by atoms with Gasteiger partial charge in [-0.25, -0.2) is 4.39 Å². The van der Waals surface area contributed by atoms with E-state index in [2.05, 4.69) is 27.8 Å². The van der Waals surface area contributed by atoms with Crippen molar-refractivity contribution in [3.8, 4) is 0 Å². The molecule has 2 aliphatic heterocycles. The van der Waals surface area contributed by atoms with E-state index in [-0.39, 0.29) is 36.8 Å². The number of carbonyl (C=O) groups is 3. The molecule has 1 unspecified atom stereocenters. The summed E-state index contributed by atoms with van der Waals surface area (Å²) >= 11 is 0. The molecule has 13 heteroatoms. The van der Waals surface area contributed by atoms with Gasteiger partial charge in [0.25, 0.3) is 11.8 Å². The van der Waals surface area contributed by atoms with Crippen LogP contribution in [0.5, 0.6) is 0 Å². The summed E-state index contributed by atoms with van der Waals surface area (Å²) in [5.74, 6) is -2.65. The number of anilines is 2. The molecular weight excluding hydrogens is 496 g/mol. The van der Waals surface area contributed by atoms with Gasteiger partial charge in [0.05, 0.1) is 23.4 Å². The van der Waals surface area contributed by atoms with Gasteiger partial charge in [-0.05, 0) is 30.7 Å². The lowest BCUT2D eigenvalue weighted by Crippen LogP contribution is -2.61. The molecular formula is C24H26F4N6O3. The number of rotatable bonds is 7. The van der Waals surface area contributed by atoms with E-state index in [0.717, 1.165) is 30.6 Å². The molecule has 1 saturated heterocycles. The molecule has 4 rings (SSSR count). The zero-order valence-electron chi connectivity index (χ0n) is 20.1. The smallest absolute Gasteiger partial charge is 0.351 e. The average molecular weight is 523 g/mol. The summed E-state index contributed by atoms with van der Waals surface area (Å²) < 4.78 is 53.9. The van der Waals surface area contributed by atoms with Crippen LogP contribution in [0.3, 0.4) is 0 Å². The Morgan fingerprint density at radius 2 is 1.92 bits per heavy atom. The number of nitrogens with one attached hydrogen (secondary N) is 2. The van der Waals surface area contributed by atoms with Crippen LogP contribution in [0.4, 0.5) is 29.1 Å². The number of hydrogen-bond acceptors (Lipinski definition) is 6. The number of halogens is 4. The average Bonchev–Trinajstić information content (AvgIpc) is 2.86. The summed E-state index contributed by atoms with van der Waals surface area (Å²) in [6.07, 6.45) is -0.870. The van der Waals surface area contributed by atoms with Crippen LogP contribution in [-0.2, 0) is 11.0 Å². The number of carbonyl (C=O) groups excluding carboxylic acids is 3. The second-order valence-electron chi connectivity index (χ2n) is 8.92. The van der Waals surface area contributed by atoms with Crippen molar-refractivity contribution >= 4 is 29.2 Å². The summed E-state index contributed by atoms with van der Waals surface area (Å²) in [6, 6.07) is 2.19. The summed E-state index contributed by atoms with van der Waals surface area (Å²) in [4.78, 5) is 40.9. The molecule has 0 spiro atoms. The van der Waals surface area contributed by atoms with Crippen LogP contribution < -0.4 is 15.5 Å². The number of alkyl halides is 3. The summed E-state index contributed by atoms with van der Waals surface area (Å²) in [5, 5.41) is 13.5. The molecule has 198 valence electrons. The standard InChI is InChI=1S/C24H26F4N6O3/c1-2-3-4-5-8-29-21(35)18-12-17-20(32-31-18)34-10-9-33(13-19(34)22(36)30-17)23(37)15-11-14(25)6-7-16(15)24(26,27)28/h6-7,11-12,19H,2-5,8-10,13H2,1H3,(H,29,35)(H,30,36). The Bertz CT molecular complexity index is 1210. The Morgan fingerprint density at radius 3 is 2.65 bits per heavy atom. The second-order valence-corrected chi connectivity index (χ2v) is 8.92. The van der Waals surface area contributed by atoms with Crippen molar-refractivity contribution < 1.29 is 31.9 Å². The van der Waals surface area contributed by atoms with Crippen LogP contribution in [0.1, 0.15) is 59.0 Å². The molecule has 0 bridgehead atoms. The summed E-state index contributed by atoms with van der Waals surface area (Å²) in [5.41, 5.74) is -1.76. The fourth-order valence-electron chi connectivity index (χ4n) is 4.42. The lowest BCUT2D eigenvalue weighted by Gasteiger charge is -2.44. The number of unbranched alkanes of at least 4 members (excludes halogenated alkanes) is 3. The summed E-state index contributed by atoms with van der Waals surface area (Å²) in [6.45, 7) is 2.39. The minimum absolute atomic E-state index is 0.0302. The summed E-state index contributed by atoms with van der Waals surface area (Å²) in [7, 11) is 0. The molecule has 1 atom stereocenters. The number of nitrogens with zero attached hydrogens (tertiary/aromatic N) is 4. The Labute approximate surface area is 210 Å². The van der Waals surface area contributed by atoms with Gasteiger partial charge < -0.3 is 20.4 Å². The molecule has 2 aromatic rings. The third-order valence-electron chi connectivity index (χ3n) is 6.34. The van der Waals surface area contributed by atoms with Crippen LogP contribution in [-0.4, -0.2) is 65.0 Å². The van der Waals surface area contributed by atoms with Crippen molar-refractivity contribution in [1.29, 1.82) is 0 Å². The first-order valence-corrected chi connectivity index (χ1v) is 12.0. The van der Waals surface area contributed by atoms with Crippen molar-refractivity contribution in [2.75, 3.05) is 36.4 Å². The van der Waals surface area contributed by atoms with Gasteiger partial charge in [0, 0.05) is 19.6 Å². The molecule has 1 aromatic carbocycles.